The summed E-state index contributed by atoms with van der Waals surface area (Å²) in [6.07, 6.45) is 0. The Labute approximate surface area is 261 Å². The van der Waals surface area contributed by atoms with Gasteiger partial charge in [-0.2, -0.15) is 0 Å². The van der Waals surface area contributed by atoms with E-state index in [0.717, 1.165) is 28.0 Å². The number of para-hydroxylation sites is 2. The third kappa shape index (κ3) is 3.51. The highest BCUT2D eigenvalue weighted by Crippen LogP contribution is 2.58. The molecule has 1 heterocycles. The van der Waals surface area contributed by atoms with E-state index < -0.39 is 0 Å². The molecule has 0 aliphatic heterocycles. The lowest BCUT2D eigenvalue weighted by atomic mass is 9.86. The van der Waals surface area contributed by atoms with Crippen LogP contribution in [-0.2, 0) is 0 Å². The third-order valence-corrected chi connectivity index (χ3v) is 9.67. The van der Waals surface area contributed by atoms with Gasteiger partial charge in [0.1, 0.15) is 0 Å². The summed E-state index contributed by atoms with van der Waals surface area (Å²) in [5.74, 6) is -0.0508. The number of rotatable bonds is 3. The van der Waals surface area contributed by atoms with Crippen LogP contribution in [0, 0.1) is 0 Å². The van der Waals surface area contributed by atoms with Gasteiger partial charge in [0.2, 0.25) is 0 Å². The third-order valence-electron chi connectivity index (χ3n) is 9.67. The largest absolute Gasteiger partial charge is 0.248 e. The Morgan fingerprint density at radius 2 is 1.02 bits per heavy atom. The number of hydrogen-bond donors (Lipinski definition) is 0. The molecule has 8 aromatic rings. The van der Waals surface area contributed by atoms with Crippen LogP contribution in [0.5, 0.6) is 0 Å². The van der Waals surface area contributed by atoms with Gasteiger partial charge in [-0.25, -0.2) is 9.97 Å². The molecule has 0 fully saturated rings. The van der Waals surface area contributed by atoms with Crippen molar-refractivity contribution in [2.24, 2.45) is 0 Å². The van der Waals surface area contributed by atoms with E-state index in [9.17, 15) is 0 Å². The Balaban J connectivity index is 1.30. The average molecular weight is 571 g/mol. The molecule has 2 nitrogen and oxygen atoms in total. The lowest BCUT2D eigenvalue weighted by Crippen LogP contribution is -2.07. The Hall–Kier alpha value is -5.86. The van der Waals surface area contributed by atoms with Gasteiger partial charge in [0.05, 0.1) is 28.3 Å². The van der Waals surface area contributed by atoms with Crippen LogP contribution >= 0.6 is 0 Å². The fourth-order valence-electron chi connectivity index (χ4n) is 7.76. The zero-order valence-electron chi connectivity index (χ0n) is 24.4. The fourth-order valence-corrected chi connectivity index (χ4v) is 7.76. The second kappa shape index (κ2) is 9.32. The molecule has 7 aromatic carbocycles. The Bertz CT molecular complexity index is 2490. The number of nitrogens with zero attached hydrogens (tertiary/aromatic N) is 2. The number of aromatic nitrogens is 2. The maximum Gasteiger partial charge on any atom is 0.0935 e. The zero-order chi connectivity index (χ0) is 29.5. The van der Waals surface area contributed by atoms with Gasteiger partial charge in [-0.15, -0.1) is 0 Å². The molecule has 2 aliphatic rings. The standard InChI is InChI=1S/C43H26N2/c1-2-11-26(12-3-1)28-14-8-15-29(25-28)42-43(45-37-22-7-6-21-36(37)44-42)40-34-20-10-19-33-31-17-5-4-16-30(31)32-18-9-13-27-23-24-35(40)41(38(27)32)39(33)34/h1-25,40H. The van der Waals surface area contributed by atoms with E-state index in [2.05, 4.69) is 146 Å². The highest BCUT2D eigenvalue weighted by molar-refractivity contribution is 6.16. The molecule has 2 heteroatoms. The minimum Gasteiger partial charge on any atom is -0.248 e. The summed E-state index contributed by atoms with van der Waals surface area (Å²) < 4.78 is 0. The molecule has 2 aliphatic carbocycles. The highest BCUT2D eigenvalue weighted by Gasteiger charge is 2.38. The molecule has 10 rings (SSSR count). The molecular weight excluding hydrogens is 544 g/mol. The number of hydrogen-bond acceptors (Lipinski definition) is 2. The van der Waals surface area contributed by atoms with E-state index >= 15 is 0 Å². The lowest BCUT2D eigenvalue weighted by Gasteiger charge is -2.20. The normalized spacial score (nSPS) is 14.0. The molecule has 45 heavy (non-hydrogen) atoms. The molecule has 208 valence electrons. The number of benzene rings is 7. The van der Waals surface area contributed by atoms with Crippen LogP contribution in [0.1, 0.15) is 22.7 Å². The predicted molar refractivity (Wildman–Crippen MR) is 185 cm³/mol. The maximum atomic E-state index is 5.47. The monoisotopic (exact) mass is 570 g/mol. The zero-order valence-corrected chi connectivity index (χ0v) is 24.4. The molecule has 0 radical (unpaired) electrons. The first-order valence-electron chi connectivity index (χ1n) is 15.5. The Kier molecular flexibility index (Phi) is 5.09. The van der Waals surface area contributed by atoms with Crippen LogP contribution in [0.25, 0.3) is 77.6 Å². The van der Waals surface area contributed by atoms with Crippen molar-refractivity contribution in [3.63, 3.8) is 0 Å². The molecule has 0 saturated carbocycles. The molecule has 1 atom stereocenters. The Morgan fingerprint density at radius 3 is 1.89 bits per heavy atom. The van der Waals surface area contributed by atoms with Crippen LogP contribution in [0.15, 0.2) is 152 Å². The van der Waals surface area contributed by atoms with Gasteiger partial charge in [-0.3, -0.25) is 0 Å². The molecule has 0 bridgehead atoms. The highest BCUT2D eigenvalue weighted by atomic mass is 14.8. The van der Waals surface area contributed by atoms with Crippen molar-refractivity contribution in [1.82, 2.24) is 9.97 Å². The Morgan fingerprint density at radius 1 is 0.400 bits per heavy atom. The van der Waals surface area contributed by atoms with E-state index in [4.69, 9.17) is 9.97 Å². The first-order chi connectivity index (χ1) is 22.3. The van der Waals surface area contributed by atoms with Crippen molar-refractivity contribution < 1.29 is 0 Å². The van der Waals surface area contributed by atoms with Gasteiger partial charge in [-0.05, 0) is 84.6 Å². The van der Waals surface area contributed by atoms with Gasteiger partial charge >= 0.3 is 0 Å². The molecule has 0 N–H and O–H groups in total. The van der Waals surface area contributed by atoms with Crippen molar-refractivity contribution >= 4 is 21.8 Å². The first kappa shape index (κ1) is 24.6. The molecular formula is C43H26N2. The minimum atomic E-state index is -0.0508. The second-order valence-corrected chi connectivity index (χ2v) is 12.1. The SMILES string of the molecule is c1ccc(-c2cccc(-c3nc4ccccc4nc3C3c4cccc5c4-c4c3ccc3cccc(c43)-c3ccccc3-5)c2)cc1. The quantitative estimate of drug-likeness (QED) is 0.211. The first-order valence-corrected chi connectivity index (χ1v) is 15.5. The second-order valence-electron chi connectivity index (χ2n) is 12.1. The van der Waals surface area contributed by atoms with Crippen LogP contribution in [-0.4, -0.2) is 9.97 Å². The van der Waals surface area contributed by atoms with Crippen molar-refractivity contribution in [1.29, 1.82) is 0 Å². The minimum absolute atomic E-state index is 0.0508. The van der Waals surface area contributed by atoms with E-state index in [1.54, 1.807) is 0 Å². The molecule has 0 amide bonds. The summed E-state index contributed by atoms with van der Waals surface area (Å²) in [5, 5.41) is 2.60. The summed E-state index contributed by atoms with van der Waals surface area (Å²) in [6.45, 7) is 0. The van der Waals surface area contributed by atoms with E-state index in [0.29, 0.717) is 0 Å². The number of fused-ring (bicyclic) bond motifs is 4. The topological polar surface area (TPSA) is 25.8 Å². The van der Waals surface area contributed by atoms with Crippen molar-refractivity contribution in [3.05, 3.63) is 168 Å². The molecule has 1 unspecified atom stereocenters. The van der Waals surface area contributed by atoms with Crippen LogP contribution < -0.4 is 0 Å². The average Bonchev–Trinajstić information content (AvgIpc) is 3.39. The van der Waals surface area contributed by atoms with Crippen LogP contribution in [0.3, 0.4) is 0 Å². The van der Waals surface area contributed by atoms with Gasteiger partial charge in [-0.1, -0.05) is 133 Å². The van der Waals surface area contributed by atoms with Gasteiger partial charge in [0.25, 0.3) is 0 Å². The maximum absolute atomic E-state index is 5.47. The van der Waals surface area contributed by atoms with E-state index in [-0.39, 0.29) is 5.92 Å². The summed E-state index contributed by atoms with van der Waals surface area (Å²) in [7, 11) is 0. The fraction of sp³-hybridized carbons (Fsp3) is 0.0233. The van der Waals surface area contributed by atoms with Crippen LogP contribution in [0.2, 0.25) is 0 Å². The van der Waals surface area contributed by atoms with Gasteiger partial charge in [0.15, 0.2) is 0 Å². The summed E-state index contributed by atoms with van der Waals surface area (Å²) in [4.78, 5) is 10.8. The van der Waals surface area contributed by atoms with Crippen LogP contribution in [0.4, 0.5) is 0 Å². The van der Waals surface area contributed by atoms with Gasteiger partial charge in [0, 0.05) is 5.56 Å². The van der Waals surface area contributed by atoms with Gasteiger partial charge < -0.3 is 0 Å². The van der Waals surface area contributed by atoms with Crippen molar-refractivity contribution in [2.75, 3.05) is 0 Å². The predicted octanol–water partition coefficient (Wildman–Crippen LogP) is 10.9. The van der Waals surface area contributed by atoms with Crippen molar-refractivity contribution in [3.8, 4) is 55.8 Å². The molecule has 0 spiro atoms. The summed E-state index contributed by atoms with van der Waals surface area (Å²) >= 11 is 0. The molecule has 1 aromatic heterocycles. The summed E-state index contributed by atoms with van der Waals surface area (Å²) in [6, 6.07) is 54.7. The van der Waals surface area contributed by atoms with E-state index in [1.807, 2.05) is 6.07 Å². The lowest BCUT2D eigenvalue weighted by molar-refractivity contribution is 0.949. The van der Waals surface area contributed by atoms with Crippen molar-refractivity contribution in [2.45, 2.75) is 5.92 Å². The smallest absolute Gasteiger partial charge is 0.0935 e. The molecule has 0 saturated heterocycles. The van der Waals surface area contributed by atoms with E-state index in [1.165, 1.54) is 66.4 Å². The summed E-state index contributed by atoms with van der Waals surface area (Å²) in [5.41, 5.74) is 17.6.